The molecule has 1 saturated carbocycles. The van der Waals surface area contributed by atoms with Crippen molar-refractivity contribution >= 4 is 11.9 Å². The molecule has 120 valence electrons. The first-order chi connectivity index (χ1) is 9.98. The van der Waals surface area contributed by atoms with Crippen LogP contribution >= 0.6 is 0 Å². The van der Waals surface area contributed by atoms with E-state index in [-0.39, 0.29) is 29.8 Å². The van der Waals surface area contributed by atoms with E-state index in [0.717, 1.165) is 32.4 Å². The lowest BCUT2D eigenvalue weighted by Crippen LogP contribution is -2.41. The molecule has 1 heterocycles. The van der Waals surface area contributed by atoms with E-state index < -0.39 is 0 Å². The SMILES string of the molecule is CCOC(=O)CN(CC(C)C)C(=O)C1CC12CCNCC2. The Hall–Kier alpha value is -1.10. The van der Waals surface area contributed by atoms with Gasteiger partial charge in [0.05, 0.1) is 6.61 Å². The van der Waals surface area contributed by atoms with E-state index in [4.69, 9.17) is 4.74 Å². The number of ether oxygens (including phenoxy) is 1. The maximum Gasteiger partial charge on any atom is 0.325 e. The van der Waals surface area contributed by atoms with Crippen LogP contribution in [0, 0.1) is 17.3 Å². The minimum absolute atomic E-state index is 0.0929. The maximum atomic E-state index is 12.8. The highest BCUT2D eigenvalue weighted by Crippen LogP contribution is 2.59. The van der Waals surface area contributed by atoms with E-state index in [2.05, 4.69) is 19.2 Å². The first-order valence-electron chi connectivity index (χ1n) is 8.13. The first kappa shape index (κ1) is 16.3. The van der Waals surface area contributed by atoms with Crippen LogP contribution in [0.1, 0.15) is 40.0 Å². The number of carbonyl (C=O) groups excluding carboxylic acids is 2. The van der Waals surface area contributed by atoms with Gasteiger partial charge in [0.25, 0.3) is 0 Å². The number of rotatable bonds is 6. The number of nitrogens with zero attached hydrogens (tertiary/aromatic N) is 1. The summed E-state index contributed by atoms with van der Waals surface area (Å²) in [6.07, 6.45) is 3.15. The number of hydrogen-bond donors (Lipinski definition) is 1. The van der Waals surface area contributed by atoms with Gasteiger partial charge >= 0.3 is 5.97 Å². The third-order valence-corrected chi connectivity index (χ3v) is 4.61. The molecule has 5 heteroatoms. The fraction of sp³-hybridized carbons (Fsp3) is 0.875. The molecular weight excluding hydrogens is 268 g/mol. The normalized spacial score (nSPS) is 23.1. The summed E-state index contributed by atoms with van der Waals surface area (Å²) in [5.74, 6) is 0.323. The molecule has 1 aliphatic carbocycles. The quantitative estimate of drug-likeness (QED) is 0.753. The number of esters is 1. The van der Waals surface area contributed by atoms with E-state index >= 15 is 0 Å². The van der Waals surface area contributed by atoms with Crippen molar-refractivity contribution < 1.29 is 14.3 Å². The number of piperidine rings is 1. The van der Waals surface area contributed by atoms with E-state index in [1.807, 2.05) is 0 Å². The molecule has 5 nitrogen and oxygen atoms in total. The number of hydrogen-bond acceptors (Lipinski definition) is 4. The average molecular weight is 296 g/mol. The standard InChI is InChI=1S/C16H28N2O3/c1-4-21-14(19)11-18(10-12(2)3)15(20)13-9-16(13)5-7-17-8-6-16/h12-13,17H,4-11H2,1-3H3. The van der Waals surface area contributed by atoms with Gasteiger partial charge in [-0.25, -0.2) is 0 Å². The summed E-state index contributed by atoms with van der Waals surface area (Å²) in [7, 11) is 0. The Labute approximate surface area is 127 Å². The zero-order valence-corrected chi connectivity index (χ0v) is 13.5. The van der Waals surface area contributed by atoms with Gasteiger partial charge in [0, 0.05) is 12.5 Å². The summed E-state index contributed by atoms with van der Waals surface area (Å²) in [5, 5.41) is 3.35. The molecular formula is C16H28N2O3. The summed E-state index contributed by atoms with van der Waals surface area (Å²) < 4.78 is 5.00. The van der Waals surface area contributed by atoms with Crippen LogP contribution in [0.2, 0.25) is 0 Å². The molecule has 0 bridgehead atoms. The van der Waals surface area contributed by atoms with Crippen molar-refractivity contribution in [2.45, 2.75) is 40.0 Å². The van der Waals surface area contributed by atoms with Crippen molar-refractivity contribution in [3.05, 3.63) is 0 Å². The van der Waals surface area contributed by atoms with E-state index in [1.165, 1.54) is 0 Å². The van der Waals surface area contributed by atoms with Crippen LogP contribution < -0.4 is 5.32 Å². The molecule has 2 aliphatic rings. The largest absolute Gasteiger partial charge is 0.465 e. The highest BCUT2D eigenvalue weighted by Gasteiger charge is 2.58. The van der Waals surface area contributed by atoms with E-state index in [1.54, 1.807) is 11.8 Å². The van der Waals surface area contributed by atoms with Crippen molar-refractivity contribution in [1.82, 2.24) is 10.2 Å². The second kappa shape index (κ2) is 6.77. The Morgan fingerprint density at radius 3 is 2.57 bits per heavy atom. The molecule has 0 aromatic carbocycles. The van der Waals surface area contributed by atoms with Crippen molar-refractivity contribution in [3.8, 4) is 0 Å². The van der Waals surface area contributed by atoms with Crippen LogP contribution in [0.25, 0.3) is 0 Å². The molecule has 2 rings (SSSR count). The highest BCUT2D eigenvalue weighted by molar-refractivity contribution is 5.86. The lowest BCUT2D eigenvalue weighted by Gasteiger charge is -2.27. The molecule has 2 fully saturated rings. The summed E-state index contributed by atoms with van der Waals surface area (Å²) >= 11 is 0. The van der Waals surface area contributed by atoms with Crippen LogP contribution in [-0.2, 0) is 14.3 Å². The molecule has 1 saturated heterocycles. The zero-order valence-electron chi connectivity index (χ0n) is 13.5. The molecule has 21 heavy (non-hydrogen) atoms. The third kappa shape index (κ3) is 3.96. The number of nitrogens with one attached hydrogen (secondary N) is 1. The van der Waals surface area contributed by atoms with Gasteiger partial charge in [0.1, 0.15) is 6.54 Å². The molecule has 1 spiro atoms. The van der Waals surface area contributed by atoms with Gasteiger partial charge in [-0.15, -0.1) is 0 Å². The second-order valence-electron chi connectivity index (χ2n) is 6.79. The molecule has 1 aliphatic heterocycles. The van der Waals surface area contributed by atoms with Gasteiger partial charge in [0.15, 0.2) is 0 Å². The van der Waals surface area contributed by atoms with Crippen molar-refractivity contribution in [2.75, 3.05) is 32.8 Å². The molecule has 1 unspecified atom stereocenters. The molecule has 1 N–H and O–H groups in total. The molecule has 1 amide bonds. The Balaban J connectivity index is 1.96. The van der Waals surface area contributed by atoms with Crippen LogP contribution in [0.5, 0.6) is 0 Å². The van der Waals surface area contributed by atoms with Crippen LogP contribution in [0.3, 0.4) is 0 Å². The fourth-order valence-electron chi connectivity index (χ4n) is 3.43. The van der Waals surface area contributed by atoms with Crippen molar-refractivity contribution in [2.24, 2.45) is 17.3 Å². The number of amides is 1. The first-order valence-corrected chi connectivity index (χ1v) is 8.13. The minimum Gasteiger partial charge on any atom is -0.465 e. The average Bonchev–Trinajstić information content (AvgIpc) is 3.11. The molecule has 1 atom stereocenters. The molecule has 0 aromatic rings. The summed E-state index contributed by atoms with van der Waals surface area (Å²) in [6, 6.07) is 0. The second-order valence-corrected chi connectivity index (χ2v) is 6.79. The van der Waals surface area contributed by atoms with Gasteiger partial charge in [-0.2, -0.15) is 0 Å². The van der Waals surface area contributed by atoms with E-state index in [9.17, 15) is 9.59 Å². The van der Waals surface area contributed by atoms with E-state index in [0.29, 0.717) is 19.1 Å². The van der Waals surface area contributed by atoms with Gasteiger partial charge < -0.3 is 15.0 Å². The Kier molecular flexibility index (Phi) is 5.25. The smallest absolute Gasteiger partial charge is 0.325 e. The predicted molar refractivity (Wildman–Crippen MR) is 80.7 cm³/mol. The van der Waals surface area contributed by atoms with Crippen molar-refractivity contribution in [3.63, 3.8) is 0 Å². The fourth-order valence-corrected chi connectivity index (χ4v) is 3.43. The number of carbonyl (C=O) groups is 2. The monoisotopic (exact) mass is 296 g/mol. The van der Waals surface area contributed by atoms with Gasteiger partial charge in [0.2, 0.25) is 5.91 Å². The Bertz CT molecular complexity index is 389. The lowest BCUT2D eigenvalue weighted by atomic mass is 9.91. The maximum absolute atomic E-state index is 12.8. The van der Waals surface area contributed by atoms with Gasteiger partial charge in [-0.05, 0) is 50.6 Å². The predicted octanol–water partition coefficient (Wildman–Crippen LogP) is 1.42. The van der Waals surface area contributed by atoms with Crippen LogP contribution in [-0.4, -0.2) is 49.6 Å². The van der Waals surface area contributed by atoms with Gasteiger partial charge in [-0.1, -0.05) is 13.8 Å². The lowest BCUT2D eigenvalue weighted by molar-refractivity contribution is -0.150. The zero-order chi connectivity index (χ0) is 15.5. The topological polar surface area (TPSA) is 58.6 Å². The van der Waals surface area contributed by atoms with Crippen LogP contribution in [0.4, 0.5) is 0 Å². The minimum atomic E-state index is -0.300. The molecule has 0 radical (unpaired) electrons. The summed E-state index contributed by atoms with van der Waals surface area (Å²) in [6.45, 7) is 9.02. The Morgan fingerprint density at radius 1 is 1.33 bits per heavy atom. The third-order valence-electron chi connectivity index (χ3n) is 4.61. The molecule has 0 aromatic heterocycles. The highest BCUT2D eigenvalue weighted by atomic mass is 16.5. The summed E-state index contributed by atoms with van der Waals surface area (Å²) in [4.78, 5) is 26.2. The van der Waals surface area contributed by atoms with Crippen molar-refractivity contribution in [1.29, 1.82) is 0 Å². The Morgan fingerprint density at radius 2 is 2.00 bits per heavy atom. The van der Waals surface area contributed by atoms with Crippen LogP contribution in [0.15, 0.2) is 0 Å². The van der Waals surface area contributed by atoms with Gasteiger partial charge in [-0.3, -0.25) is 9.59 Å². The summed E-state index contributed by atoms with van der Waals surface area (Å²) in [5.41, 5.74) is 0.215.